The lowest BCUT2D eigenvalue weighted by atomic mass is 9.95. The molecule has 1 aliphatic rings. The number of nitrogens with one attached hydrogen (secondary N) is 1. The van der Waals surface area contributed by atoms with Crippen molar-refractivity contribution in [2.45, 2.75) is 30.8 Å². The molecule has 11 heteroatoms. The van der Waals surface area contributed by atoms with Crippen molar-refractivity contribution in [3.63, 3.8) is 0 Å². The van der Waals surface area contributed by atoms with E-state index in [-0.39, 0.29) is 18.9 Å². The van der Waals surface area contributed by atoms with Crippen molar-refractivity contribution in [1.29, 1.82) is 0 Å². The number of hydrogen-bond donors (Lipinski definition) is 1. The van der Waals surface area contributed by atoms with Crippen LogP contribution >= 0.6 is 11.8 Å². The fourth-order valence-electron chi connectivity index (χ4n) is 3.79. The van der Waals surface area contributed by atoms with Crippen molar-refractivity contribution in [1.82, 2.24) is 14.8 Å². The van der Waals surface area contributed by atoms with E-state index in [4.69, 9.17) is 9.47 Å². The van der Waals surface area contributed by atoms with Gasteiger partial charge in [0.1, 0.15) is 12.6 Å². The van der Waals surface area contributed by atoms with E-state index in [0.29, 0.717) is 33.7 Å². The number of thioether (sulfide) groups is 1. The van der Waals surface area contributed by atoms with E-state index < -0.39 is 16.9 Å². The number of carbonyl (C=O) groups is 1. The van der Waals surface area contributed by atoms with Gasteiger partial charge in [-0.3, -0.25) is 10.1 Å². The highest BCUT2D eigenvalue weighted by Gasteiger charge is 2.35. The van der Waals surface area contributed by atoms with Crippen molar-refractivity contribution in [2.24, 2.45) is 0 Å². The molecule has 0 saturated heterocycles. The zero-order valence-electron chi connectivity index (χ0n) is 19.6. The molecule has 1 aliphatic heterocycles. The van der Waals surface area contributed by atoms with Gasteiger partial charge < -0.3 is 14.8 Å². The lowest BCUT2D eigenvalue weighted by Gasteiger charge is -2.28. The van der Waals surface area contributed by atoms with Crippen molar-refractivity contribution >= 4 is 29.4 Å². The number of esters is 1. The second kappa shape index (κ2) is 10.7. The zero-order chi connectivity index (χ0) is 24.9. The van der Waals surface area contributed by atoms with E-state index in [2.05, 4.69) is 21.5 Å². The second-order valence-electron chi connectivity index (χ2n) is 7.98. The number of rotatable bonds is 9. The lowest BCUT2D eigenvalue weighted by Crippen LogP contribution is -2.30. The van der Waals surface area contributed by atoms with Crippen LogP contribution in [0.1, 0.15) is 29.7 Å². The Kier molecular flexibility index (Phi) is 7.47. The summed E-state index contributed by atoms with van der Waals surface area (Å²) in [4.78, 5) is 28.3. The molecule has 2 aromatic carbocycles. The third kappa shape index (κ3) is 5.52. The van der Waals surface area contributed by atoms with Crippen LogP contribution in [0.5, 0.6) is 0 Å². The quantitative estimate of drug-likeness (QED) is 0.152. The Morgan fingerprint density at radius 1 is 1.20 bits per heavy atom. The fraction of sp³-hybridized carbons (Fsp3) is 0.292. The van der Waals surface area contributed by atoms with Crippen LogP contribution in [-0.2, 0) is 20.0 Å². The van der Waals surface area contributed by atoms with E-state index in [9.17, 15) is 14.9 Å². The summed E-state index contributed by atoms with van der Waals surface area (Å²) in [6, 6.07) is 13.6. The molecule has 0 bridgehead atoms. The Bertz CT molecular complexity index is 1270. The van der Waals surface area contributed by atoms with Crippen LogP contribution < -0.4 is 5.32 Å². The molecule has 3 aromatic rings. The van der Waals surface area contributed by atoms with Gasteiger partial charge in [-0.15, -0.1) is 5.10 Å². The second-order valence-corrected chi connectivity index (χ2v) is 8.93. The zero-order valence-corrected chi connectivity index (χ0v) is 20.4. The average Bonchev–Trinajstić information content (AvgIpc) is 3.24. The molecular formula is C24H25N5O5S. The number of nitrogens with zero attached hydrogens (tertiary/aromatic N) is 4. The molecule has 10 nitrogen and oxygen atoms in total. The summed E-state index contributed by atoms with van der Waals surface area (Å²) in [5, 5.41) is 19.5. The van der Waals surface area contributed by atoms with Crippen molar-refractivity contribution in [2.75, 3.05) is 25.6 Å². The maximum atomic E-state index is 13.1. The van der Waals surface area contributed by atoms with Gasteiger partial charge >= 0.3 is 5.97 Å². The van der Waals surface area contributed by atoms with Crippen LogP contribution in [0.15, 0.2) is 65.0 Å². The summed E-state index contributed by atoms with van der Waals surface area (Å²) in [7, 11) is 1.53. The number of hydrogen-bond acceptors (Lipinski definition) is 9. The minimum Gasteiger partial charge on any atom is -0.460 e. The summed E-state index contributed by atoms with van der Waals surface area (Å²) in [5.74, 6) is 0.641. The maximum absolute atomic E-state index is 13.1. The number of benzene rings is 2. The number of non-ortho nitro benzene ring substituents is 1. The highest BCUT2D eigenvalue weighted by atomic mass is 32.2. The smallest absolute Gasteiger partial charge is 0.338 e. The van der Waals surface area contributed by atoms with E-state index in [1.165, 1.54) is 36.6 Å². The molecule has 4 rings (SSSR count). The number of allylic oxidation sites excluding steroid dienone is 1. The number of ether oxygens (including phenoxy) is 2. The van der Waals surface area contributed by atoms with Gasteiger partial charge in [0.25, 0.3) is 5.69 Å². The monoisotopic (exact) mass is 495 g/mol. The molecule has 0 amide bonds. The summed E-state index contributed by atoms with van der Waals surface area (Å²) in [6.07, 6.45) is 0. The van der Waals surface area contributed by atoms with Gasteiger partial charge in [-0.1, -0.05) is 41.6 Å². The Morgan fingerprint density at radius 2 is 1.97 bits per heavy atom. The predicted molar refractivity (Wildman–Crippen MR) is 131 cm³/mol. The number of anilines is 1. The molecule has 0 unspecified atom stereocenters. The lowest BCUT2D eigenvalue weighted by molar-refractivity contribution is -0.384. The summed E-state index contributed by atoms with van der Waals surface area (Å²) >= 11 is 1.48. The molecule has 1 N–H and O–H groups in total. The number of carbonyl (C=O) groups excluding carboxylic acids is 1. The van der Waals surface area contributed by atoms with Crippen LogP contribution in [0.4, 0.5) is 11.6 Å². The first kappa shape index (κ1) is 24.4. The van der Waals surface area contributed by atoms with Crippen molar-refractivity contribution in [3.05, 3.63) is 86.6 Å². The molecule has 1 atom stereocenters. The number of aromatic nitrogens is 3. The SMILES string of the molecule is COCCOC(=O)C1=C(C)Nc2nc(SCc3cccc(C)c3)nn2[C@@H]1c1ccc([N+](=O)[O-])cc1. The molecular weight excluding hydrogens is 470 g/mol. The standard InChI is InChI=1S/C24H25N5O5S/c1-15-5-4-6-17(13-15)14-35-24-26-23-25-16(2)20(22(30)34-12-11-33-3)21(28(23)27-24)18-7-9-19(10-8-18)29(31)32/h4-10,13,21H,11-12,14H2,1-3H3,(H,25,26,27)/t21-/m1/s1. The molecule has 182 valence electrons. The Morgan fingerprint density at radius 3 is 2.66 bits per heavy atom. The predicted octanol–water partition coefficient (Wildman–Crippen LogP) is 4.27. The average molecular weight is 496 g/mol. The van der Waals surface area contributed by atoms with E-state index >= 15 is 0 Å². The highest BCUT2D eigenvalue weighted by molar-refractivity contribution is 7.98. The molecule has 0 spiro atoms. The van der Waals surface area contributed by atoms with Crippen LogP contribution in [0, 0.1) is 17.0 Å². The molecule has 0 radical (unpaired) electrons. The first-order valence-electron chi connectivity index (χ1n) is 10.9. The minimum absolute atomic E-state index is 0.0409. The van der Waals surface area contributed by atoms with Gasteiger partial charge in [-0.25, -0.2) is 9.48 Å². The fourth-order valence-corrected chi connectivity index (χ4v) is 4.56. The van der Waals surface area contributed by atoms with Gasteiger partial charge in [0.2, 0.25) is 11.1 Å². The number of methoxy groups -OCH3 is 1. The first-order valence-corrected chi connectivity index (χ1v) is 11.9. The molecule has 0 aliphatic carbocycles. The molecule has 0 fully saturated rings. The molecule has 1 aromatic heterocycles. The maximum Gasteiger partial charge on any atom is 0.338 e. The van der Waals surface area contributed by atoms with E-state index in [0.717, 1.165) is 5.56 Å². The summed E-state index contributed by atoms with van der Waals surface area (Å²) in [6.45, 7) is 4.17. The summed E-state index contributed by atoms with van der Waals surface area (Å²) < 4.78 is 12.0. The highest BCUT2D eigenvalue weighted by Crippen LogP contribution is 2.37. The summed E-state index contributed by atoms with van der Waals surface area (Å²) in [5.41, 5.74) is 3.86. The van der Waals surface area contributed by atoms with Crippen LogP contribution in [-0.4, -0.2) is 46.0 Å². The normalized spacial score (nSPS) is 14.9. The van der Waals surface area contributed by atoms with Gasteiger partial charge in [-0.2, -0.15) is 4.98 Å². The number of nitro groups is 1. The molecule has 0 saturated carbocycles. The third-order valence-electron chi connectivity index (χ3n) is 5.44. The number of aryl methyl sites for hydroxylation is 1. The van der Waals surface area contributed by atoms with Crippen molar-refractivity contribution < 1.29 is 19.2 Å². The molecule has 35 heavy (non-hydrogen) atoms. The van der Waals surface area contributed by atoms with Crippen LogP contribution in [0.25, 0.3) is 0 Å². The topological polar surface area (TPSA) is 121 Å². The Labute approximate surface area is 206 Å². The van der Waals surface area contributed by atoms with Gasteiger partial charge in [-0.05, 0) is 37.1 Å². The first-order chi connectivity index (χ1) is 16.9. The Balaban J connectivity index is 1.67. The minimum atomic E-state index is -0.664. The third-order valence-corrected chi connectivity index (χ3v) is 6.35. The molecule has 2 heterocycles. The Hall–Kier alpha value is -3.70. The number of nitro benzene ring substituents is 1. The van der Waals surface area contributed by atoms with Crippen molar-refractivity contribution in [3.8, 4) is 0 Å². The van der Waals surface area contributed by atoms with Crippen LogP contribution in [0.2, 0.25) is 0 Å². The van der Waals surface area contributed by atoms with Gasteiger partial charge in [0, 0.05) is 30.7 Å². The van der Waals surface area contributed by atoms with Gasteiger partial charge in [0.05, 0.1) is 17.1 Å². The van der Waals surface area contributed by atoms with E-state index in [1.807, 2.05) is 25.1 Å². The number of fused-ring (bicyclic) bond motifs is 1. The van der Waals surface area contributed by atoms with Gasteiger partial charge in [0.15, 0.2) is 0 Å². The largest absolute Gasteiger partial charge is 0.460 e. The van der Waals surface area contributed by atoms with E-state index in [1.54, 1.807) is 23.7 Å². The van der Waals surface area contributed by atoms with Crippen LogP contribution in [0.3, 0.4) is 0 Å².